The van der Waals surface area contributed by atoms with Crippen LogP contribution in [-0.4, -0.2) is 48.5 Å². The second kappa shape index (κ2) is 4.30. The number of aliphatic hydroxyl groups is 2. The average molecular weight is 282 g/mol. The molecule has 0 aliphatic carbocycles. The third-order valence-electron chi connectivity index (χ3n) is 3.15. The molecular weight excluding hydrogens is 269 g/mol. The minimum atomic E-state index is -0.771. The first-order chi connectivity index (χ1) is 9.10. The predicted molar refractivity (Wildman–Crippen MR) is 64.2 cm³/mol. The van der Waals surface area contributed by atoms with Crippen LogP contribution in [0.4, 0.5) is 5.95 Å². The molecule has 9 heteroatoms. The standard InChI is InChI=1S/C10H13N5O4/c11-10-13-8-7(9(18)14-10)12-3-15(8)6-1-4(17)5(2-16)19-6/h3-6,16-17H,1-2H2,(H3,11,13,14,18)/t4-,5-,6-/m1/s1/i1+1,2+1,3+1,4+1,5+1,6+1,7+1,8+1,9+1,10+1,11+1,12+1,13+1,14+1,15+1. The molecule has 0 amide bonds. The highest BCUT2D eigenvalue weighted by Crippen LogP contribution is 2.30. The number of anilines is 1. The van der Waals surface area contributed by atoms with Crippen LogP contribution in [0.5, 0.6) is 0 Å². The predicted octanol–water partition coefficient (Wildman–Crippen LogP) is -1.66. The molecule has 2 aromatic heterocycles. The number of aromatic amines is 1. The van der Waals surface area contributed by atoms with Gasteiger partial charge in [-0.25, -0.2) is 4.98 Å². The number of ether oxygens (including phenoxy) is 1. The molecule has 19 heavy (non-hydrogen) atoms. The van der Waals surface area contributed by atoms with Crippen LogP contribution in [-0.2, 0) is 4.74 Å². The molecule has 3 atom stereocenters. The molecule has 0 bridgehead atoms. The number of nitrogens with zero attached hydrogens (tertiary/aromatic N) is 3. The molecule has 0 radical (unpaired) electrons. The van der Waals surface area contributed by atoms with Crippen molar-refractivity contribution in [1.29, 1.82) is 0 Å². The maximum absolute atomic E-state index is 11.6. The molecule has 0 unspecified atom stereocenters. The van der Waals surface area contributed by atoms with Gasteiger partial charge in [0.1, 0.15) is 12.3 Å². The number of hydrogen-bond donors (Lipinski definition) is 4. The Kier molecular flexibility index (Phi) is 2.73. The number of nitrogens with two attached hydrogens (primary N) is 1. The number of hydrogen-bond acceptors (Lipinski definition) is 7. The van der Waals surface area contributed by atoms with Crippen molar-refractivity contribution in [3.8, 4) is 0 Å². The molecule has 102 valence electrons. The van der Waals surface area contributed by atoms with E-state index < -0.39 is 24.0 Å². The molecule has 5 N–H and O–H groups in total. The van der Waals surface area contributed by atoms with Crippen LogP contribution in [0.25, 0.3) is 11.2 Å². The van der Waals surface area contributed by atoms with Crippen LogP contribution in [0.3, 0.4) is 0 Å². The number of H-pyrrole nitrogens is 1. The lowest BCUT2D eigenvalue weighted by Gasteiger charge is -2.13. The van der Waals surface area contributed by atoms with Crippen LogP contribution in [0, 0.1) is 0 Å². The van der Waals surface area contributed by atoms with Crippen molar-refractivity contribution in [2.75, 3.05) is 12.3 Å². The molecule has 9 nitrogen and oxygen atoms in total. The fourth-order valence-corrected chi connectivity index (χ4v) is 2.20. The third kappa shape index (κ3) is 1.87. The van der Waals surface area contributed by atoms with Gasteiger partial charge in [-0.05, 0) is 0 Å². The van der Waals surface area contributed by atoms with E-state index >= 15 is 0 Å². The number of fused-ring (bicyclic) bond motifs is 1. The Labute approximate surface area is 106 Å². The molecule has 1 fully saturated rings. The van der Waals surface area contributed by atoms with Crippen molar-refractivity contribution in [3.63, 3.8) is 0 Å². The summed E-state index contributed by atoms with van der Waals surface area (Å²) < 4.78 is 7.01. The smallest absolute Gasteiger partial charge is 0.280 e. The summed E-state index contributed by atoms with van der Waals surface area (Å²) in [4.78, 5) is 22.0. The zero-order valence-electron chi connectivity index (χ0n) is 9.85. The van der Waals surface area contributed by atoms with Crippen LogP contribution in [0.2, 0.25) is 0 Å². The molecule has 0 aromatic carbocycles. The second-order valence-corrected chi connectivity index (χ2v) is 4.39. The van der Waals surface area contributed by atoms with Gasteiger partial charge in [0.25, 0.3) is 5.56 Å². The molecular formula is C10H13N5O4. The van der Waals surface area contributed by atoms with Crippen LogP contribution in [0.1, 0.15) is 12.6 Å². The molecule has 3 rings (SSSR count). The number of imidazole rings is 1. The molecule has 0 saturated carbocycles. The molecule has 1 saturated heterocycles. The lowest BCUT2D eigenvalue weighted by atomic mass is 11.1. The lowest BCUT2D eigenvalue weighted by molar-refractivity contribution is -0.0432. The average Bonchev–Trinajstić information content (AvgIpc) is 2.92. The summed E-state index contributed by atoms with van der Waals surface area (Å²) in [6.45, 7) is -0.277. The number of nitrogens with one attached hydrogen (secondary N) is 1. The van der Waals surface area contributed by atoms with E-state index in [0.717, 1.165) is 0 Å². The summed E-state index contributed by atoms with van der Waals surface area (Å²) in [6, 6.07) is 0. The number of aromatic nitrogens is 4. The highest BCUT2D eigenvalue weighted by atomic mass is 16.8. The molecule has 3 heterocycles. The normalized spacial score (nSPS) is 27.2. The largest absolute Gasteiger partial charge is 0.394 e. The van der Waals surface area contributed by atoms with E-state index in [1.54, 1.807) is 0 Å². The van der Waals surface area contributed by atoms with Gasteiger partial charge in [0.15, 0.2) is 11.2 Å². The van der Waals surface area contributed by atoms with E-state index in [4.69, 9.17) is 15.6 Å². The molecule has 2 aromatic rings. The molecule has 1 aliphatic rings. The van der Waals surface area contributed by atoms with Crippen molar-refractivity contribution in [2.45, 2.75) is 24.9 Å². The van der Waals surface area contributed by atoms with Crippen LogP contribution >= 0.6 is 0 Å². The summed E-state index contributed by atoms with van der Waals surface area (Å²) in [5.41, 5.74) is 5.50. The SMILES string of the molecule is [15NH2][13c]1[15n][13c]2[13c]([15n][13cH][15n]2[13C@H]2[13CH2][13C@@H](O)[13C@@H]([13CH2]O)O2)[13c](=O)[15nH]1. The van der Waals surface area contributed by atoms with E-state index in [9.17, 15) is 9.90 Å². The summed E-state index contributed by atoms with van der Waals surface area (Å²) in [5, 5.41) is 18.8. The Balaban J connectivity index is 2.05. The third-order valence-corrected chi connectivity index (χ3v) is 3.15. The molecule has 0 spiro atoms. The Bertz CT molecular complexity index is 665. The van der Waals surface area contributed by atoms with Gasteiger partial charge in [0.2, 0.25) is 5.95 Å². The van der Waals surface area contributed by atoms with Gasteiger partial charge in [-0.2, -0.15) is 4.98 Å². The van der Waals surface area contributed by atoms with E-state index in [-0.39, 0.29) is 30.1 Å². The zero-order valence-corrected chi connectivity index (χ0v) is 9.85. The van der Waals surface area contributed by atoms with Crippen LogP contribution < -0.4 is 11.3 Å². The highest BCUT2D eigenvalue weighted by Gasteiger charge is 2.35. The second-order valence-electron chi connectivity index (χ2n) is 4.39. The summed E-state index contributed by atoms with van der Waals surface area (Å²) in [6.07, 6.45) is -0.270. The van der Waals surface area contributed by atoms with Gasteiger partial charge in [-0.15, -0.1) is 0 Å². The fraction of sp³-hybridized carbons (Fsp3) is 0.500. The minimum Gasteiger partial charge on any atom is -0.394 e. The van der Waals surface area contributed by atoms with Gasteiger partial charge in [0, 0.05) is 6.42 Å². The van der Waals surface area contributed by atoms with Crippen molar-refractivity contribution in [3.05, 3.63) is 16.7 Å². The van der Waals surface area contributed by atoms with Gasteiger partial charge in [-0.3, -0.25) is 14.3 Å². The number of nitrogen functional groups attached to an aromatic ring is 1. The summed E-state index contributed by atoms with van der Waals surface area (Å²) in [7, 11) is 0. The quantitative estimate of drug-likeness (QED) is 0.382. The Hall–Kier alpha value is -1.97. The fourth-order valence-electron chi connectivity index (χ4n) is 2.20. The van der Waals surface area contributed by atoms with Crippen molar-refractivity contribution in [2.24, 2.45) is 0 Å². The Morgan fingerprint density at radius 1 is 1.63 bits per heavy atom. The van der Waals surface area contributed by atoms with E-state index in [2.05, 4.69) is 15.0 Å². The minimum absolute atomic E-state index is 0.0171. The van der Waals surface area contributed by atoms with Crippen molar-refractivity contribution < 1.29 is 14.9 Å². The van der Waals surface area contributed by atoms with Crippen LogP contribution in [0.15, 0.2) is 11.1 Å². The van der Waals surface area contributed by atoms with E-state index in [0.29, 0.717) is 0 Å². The van der Waals surface area contributed by atoms with Crippen molar-refractivity contribution >= 4 is 17.1 Å². The van der Waals surface area contributed by atoms with Gasteiger partial charge in [-0.1, -0.05) is 0 Å². The van der Waals surface area contributed by atoms with Gasteiger partial charge in [0.05, 0.1) is 19.0 Å². The Morgan fingerprint density at radius 3 is 3.11 bits per heavy atom. The monoisotopic (exact) mass is 282 g/mol. The van der Waals surface area contributed by atoms with E-state index in [1.807, 2.05) is 0 Å². The Morgan fingerprint density at radius 2 is 2.42 bits per heavy atom. The van der Waals surface area contributed by atoms with E-state index in [1.165, 1.54) is 10.9 Å². The summed E-state index contributed by atoms with van der Waals surface area (Å²) >= 11 is 0. The maximum Gasteiger partial charge on any atom is 0.280 e. The first-order valence-corrected chi connectivity index (χ1v) is 5.77. The molecule has 1 aliphatic heterocycles. The number of rotatable bonds is 2. The van der Waals surface area contributed by atoms with Gasteiger partial charge < -0.3 is 20.7 Å². The number of aliphatic hydroxyl groups excluding tert-OH is 2. The first kappa shape index (κ1) is 12.1. The lowest BCUT2D eigenvalue weighted by Crippen LogP contribution is -2.24. The maximum atomic E-state index is 11.6. The summed E-state index contributed by atoms with van der Waals surface area (Å²) in [5.74, 6) is -0.0171. The first-order valence-electron chi connectivity index (χ1n) is 5.77. The topological polar surface area (TPSA) is 139 Å². The highest BCUT2D eigenvalue weighted by molar-refractivity contribution is 5.70. The van der Waals surface area contributed by atoms with Crippen molar-refractivity contribution in [1.82, 2.24) is 19.5 Å². The van der Waals surface area contributed by atoms with Gasteiger partial charge >= 0.3 is 0 Å². The zero-order chi connectivity index (χ0) is 13.6.